The number of fused-ring (bicyclic) bond motifs is 1. The molecule has 4 heteroatoms. The van der Waals surface area contributed by atoms with Gasteiger partial charge in [0.1, 0.15) is 0 Å². The summed E-state index contributed by atoms with van der Waals surface area (Å²) in [4.78, 5) is 4.79. The summed E-state index contributed by atoms with van der Waals surface area (Å²) in [5.74, 6) is 0.323. The summed E-state index contributed by atoms with van der Waals surface area (Å²) in [7, 11) is 0. The SMILES string of the molecule is c1ccc2sc(C3CCC4(CC3)OCCO4)nc2c1. The van der Waals surface area contributed by atoms with Gasteiger partial charge in [0.25, 0.3) is 0 Å². The lowest BCUT2D eigenvalue weighted by Gasteiger charge is -2.34. The molecule has 0 amide bonds. The van der Waals surface area contributed by atoms with E-state index in [1.807, 2.05) is 11.3 Å². The van der Waals surface area contributed by atoms with E-state index in [-0.39, 0.29) is 5.79 Å². The molecular formula is C15H17NO2S. The predicted molar refractivity (Wildman–Crippen MR) is 75.5 cm³/mol. The summed E-state index contributed by atoms with van der Waals surface area (Å²) < 4.78 is 12.9. The molecule has 1 aromatic heterocycles. The van der Waals surface area contributed by atoms with Gasteiger partial charge in [-0.1, -0.05) is 12.1 Å². The monoisotopic (exact) mass is 275 g/mol. The van der Waals surface area contributed by atoms with Gasteiger partial charge in [0.2, 0.25) is 0 Å². The van der Waals surface area contributed by atoms with E-state index >= 15 is 0 Å². The summed E-state index contributed by atoms with van der Waals surface area (Å²) in [5, 5.41) is 1.29. The third-order valence-corrected chi connectivity index (χ3v) is 5.42. The van der Waals surface area contributed by atoms with Gasteiger partial charge in [-0.25, -0.2) is 4.98 Å². The highest BCUT2D eigenvalue weighted by Gasteiger charge is 2.41. The van der Waals surface area contributed by atoms with Crippen LogP contribution in [-0.2, 0) is 9.47 Å². The van der Waals surface area contributed by atoms with Crippen LogP contribution in [-0.4, -0.2) is 24.0 Å². The molecule has 4 rings (SSSR count). The van der Waals surface area contributed by atoms with Crippen molar-refractivity contribution in [1.82, 2.24) is 4.98 Å². The van der Waals surface area contributed by atoms with E-state index in [4.69, 9.17) is 14.5 Å². The Kier molecular flexibility index (Phi) is 2.83. The number of ether oxygens (including phenoxy) is 2. The molecule has 0 atom stereocenters. The molecule has 1 aromatic carbocycles. The number of hydrogen-bond donors (Lipinski definition) is 0. The number of thiazole rings is 1. The Bertz CT molecular complexity index is 546. The molecule has 3 nitrogen and oxygen atoms in total. The molecule has 19 heavy (non-hydrogen) atoms. The van der Waals surface area contributed by atoms with Crippen molar-refractivity contribution in [2.75, 3.05) is 13.2 Å². The Morgan fingerprint density at radius 1 is 1.11 bits per heavy atom. The van der Waals surface area contributed by atoms with Crippen LogP contribution in [0.1, 0.15) is 36.6 Å². The van der Waals surface area contributed by atoms with E-state index in [9.17, 15) is 0 Å². The Labute approximate surface area is 116 Å². The maximum absolute atomic E-state index is 5.79. The van der Waals surface area contributed by atoms with Gasteiger partial charge in [0.15, 0.2) is 5.79 Å². The lowest BCUT2D eigenvalue weighted by Crippen LogP contribution is -2.34. The molecule has 0 bridgehead atoms. The molecule has 100 valence electrons. The lowest BCUT2D eigenvalue weighted by atomic mass is 9.85. The first-order valence-corrected chi connectivity index (χ1v) is 7.80. The molecule has 1 saturated heterocycles. The molecule has 1 saturated carbocycles. The van der Waals surface area contributed by atoms with Crippen molar-refractivity contribution in [2.24, 2.45) is 0 Å². The lowest BCUT2D eigenvalue weighted by molar-refractivity contribution is -0.178. The van der Waals surface area contributed by atoms with Gasteiger partial charge in [-0.2, -0.15) is 0 Å². The minimum atomic E-state index is -0.257. The second-order valence-electron chi connectivity index (χ2n) is 5.40. The minimum absolute atomic E-state index is 0.257. The zero-order chi connectivity index (χ0) is 12.7. The van der Waals surface area contributed by atoms with Crippen molar-refractivity contribution < 1.29 is 9.47 Å². The second kappa shape index (κ2) is 4.54. The molecular weight excluding hydrogens is 258 g/mol. The van der Waals surface area contributed by atoms with Gasteiger partial charge in [-0.15, -0.1) is 11.3 Å². The third-order valence-electron chi connectivity index (χ3n) is 4.22. The molecule has 2 aromatic rings. The summed E-state index contributed by atoms with van der Waals surface area (Å²) in [6.07, 6.45) is 4.26. The van der Waals surface area contributed by atoms with E-state index in [0.29, 0.717) is 5.92 Å². The van der Waals surface area contributed by atoms with Gasteiger partial charge in [0, 0.05) is 18.8 Å². The zero-order valence-electron chi connectivity index (χ0n) is 10.8. The van der Waals surface area contributed by atoms with Crippen LogP contribution in [0.4, 0.5) is 0 Å². The van der Waals surface area contributed by atoms with Crippen molar-refractivity contribution in [3.8, 4) is 0 Å². The van der Waals surface area contributed by atoms with Crippen molar-refractivity contribution in [3.05, 3.63) is 29.3 Å². The summed E-state index contributed by atoms with van der Waals surface area (Å²) >= 11 is 1.84. The highest BCUT2D eigenvalue weighted by Crippen LogP contribution is 2.43. The molecule has 1 aliphatic carbocycles. The molecule has 0 radical (unpaired) electrons. The van der Waals surface area contributed by atoms with Crippen LogP contribution >= 0.6 is 11.3 Å². The van der Waals surface area contributed by atoms with Gasteiger partial charge in [0.05, 0.1) is 28.4 Å². The Morgan fingerprint density at radius 3 is 2.58 bits per heavy atom. The fraction of sp³-hybridized carbons (Fsp3) is 0.533. The summed E-state index contributed by atoms with van der Waals surface area (Å²) in [6, 6.07) is 8.40. The Hall–Kier alpha value is -0.970. The van der Waals surface area contributed by atoms with Gasteiger partial charge >= 0.3 is 0 Å². The van der Waals surface area contributed by atoms with Crippen molar-refractivity contribution in [2.45, 2.75) is 37.4 Å². The number of aromatic nitrogens is 1. The van der Waals surface area contributed by atoms with Crippen LogP contribution in [0.15, 0.2) is 24.3 Å². The van der Waals surface area contributed by atoms with Crippen LogP contribution in [0, 0.1) is 0 Å². The highest BCUT2D eigenvalue weighted by molar-refractivity contribution is 7.18. The largest absolute Gasteiger partial charge is 0.348 e. The van der Waals surface area contributed by atoms with Crippen molar-refractivity contribution >= 4 is 21.6 Å². The van der Waals surface area contributed by atoms with Crippen LogP contribution in [0.5, 0.6) is 0 Å². The number of nitrogens with zero attached hydrogens (tertiary/aromatic N) is 1. The molecule has 1 aliphatic heterocycles. The highest BCUT2D eigenvalue weighted by atomic mass is 32.1. The van der Waals surface area contributed by atoms with E-state index in [0.717, 1.165) is 44.4 Å². The Morgan fingerprint density at radius 2 is 1.84 bits per heavy atom. The van der Waals surface area contributed by atoms with Crippen molar-refractivity contribution in [1.29, 1.82) is 0 Å². The van der Waals surface area contributed by atoms with Crippen LogP contribution in [0.2, 0.25) is 0 Å². The third kappa shape index (κ3) is 2.08. The molecule has 1 spiro atoms. The average molecular weight is 275 g/mol. The number of hydrogen-bond acceptors (Lipinski definition) is 4. The van der Waals surface area contributed by atoms with Crippen LogP contribution in [0.3, 0.4) is 0 Å². The number of para-hydroxylation sites is 1. The van der Waals surface area contributed by atoms with E-state index in [1.54, 1.807) is 0 Å². The standard InChI is InChI=1S/C15H17NO2S/c1-2-4-13-12(3-1)16-14(19-13)11-5-7-15(8-6-11)17-9-10-18-15/h1-4,11H,5-10H2. The van der Waals surface area contributed by atoms with Crippen LogP contribution in [0.25, 0.3) is 10.2 Å². The van der Waals surface area contributed by atoms with Crippen LogP contribution < -0.4 is 0 Å². The van der Waals surface area contributed by atoms with E-state index in [2.05, 4.69) is 24.3 Å². The first kappa shape index (κ1) is 11.8. The predicted octanol–water partition coefficient (Wildman–Crippen LogP) is 3.70. The maximum atomic E-state index is 5.79. The van der Waals surface area contributed by atoms with E-state index in [1.165, 1.54) is 9.71 Å². The molecule has 0 unspecified atom stereocenters. The van der Waals surface area contributed by atoms with Gasteiger partial charge < -0.3 is 9.47 Å². The number of rotatable bonds is 1. The van der Waals surface area contributed by atoms with Crippen molar-refractivity contribution in [3.63, 3.8) is 0 Å². The fourth-order valence-electron chi connectivity index (χ4n) is 3.15. The fourth-order valence-corrected chi connectivity index (χ4v) is 4.29. The molecule has 0 N–H and O–H groups in total. The van der Waals surface area contributed by atoms with Gasteiger partial charge in [-0.05, 0) is 25.0 Å². The molecule has 2 heterocycles. The smallest absolute Gasteiger partial charge is 0.168 e. The maximum Gasteiger partial charge on any atom is 0.168 e. The molecule has 2 fully saturated rings. The average Bonchev–Trinajstić information content (AvgIpc) is 3.06. The van der Waals surface area contributed by atoms with E-state index < -0.39 is 0 Å². The quantitative estimate of drug-likeness (QED) is 0.795. The number of benzene rings is 1. The molecule has 2 aliphatic rings. The minimum Gasteiger partial charge on any atom is -0.348 e. The van der Waals surface area contributed by atoms with Gasteiger partial charge in [-0.3, -0.25) is 0 Å². The Balaban J connectivity index is 1.54. The zero-order valence-corrected chi connectivity index (χ0v) is 11.6. The first-order valence-electron chi connectivity index (χ1n) is 6.98. The summed E-state index contributed by atoms with van der Waals surface area (Å²) in [6.45, 7) is 1.51. The second-order valence-corrected chi connectivity index (χ2v) is 6.46. The first-order chi connectivity index (χ1) is 9.35. The normalized spacial score (nSPS) is 23.4. The topological polar surface area (TPSA) is 31.4 Å². The summed E-state index contributed by atoms with van der Waals surface area (Å²) in [5.41, 5.74) is 1.14.